The lowest BCUT2D eigenvalue weighted by atomic mass is 10.3. The first kappa shape index (κ1) is 8.86. The van der Waals surface area contributed by atoms with Crippen LogP contribution in [0, 0.1) is 0 Å². The van der Waals surface area contributed by atoms with Gasteiger partial charge in [-0.15, -0.1) is 10.2 Å². The van der Waals surface area contributed by atoms with Crippen molar-refractivity contribution in [3.8, 4) is 5.19 Å². The summed E-state index contributed by atoms with van der Waals surface area (Å²) in [6.45, 7) is 3.07. The van der Waals surface area contributed by atoms with E-state index in [4.69, 9.17) is 9.47 Å². The SMILES string of the molecule is c1nnc(OCC2CNCCO2)s1. The third kappa shape index (κ3) is 2.61. The Labute approximate surface area is 80.1 Å². The molecule has 1 aromatic heterocycles. The van der Waals surface area contributed by atoms with Crippen molar-refractivity contribution in [3.63, 3.8) is 0 Å². The Bertz CT molecular complexity index is 236. The van der Waals surface area contributed by atoms with Gasteiger partial charge in [0.25, 0.3) is 5.19 Å². The largest absolute Gasteiger partial charge is 0.466 e. The van der Waals surface area contributed by atoms with Crippen LogP contribution >= 0.6 is 11.3 Å². The predicted molar refractivity (Wildman–Crippen MR) is 48.0 cm³/mol. The molecular formula is C7H11N3O2S. The lowest BCUT2D eigenvalue weighted by Gasteiger charge is -2.22. The quantitative estimate of drug-likeness (QED) is 0.740. The fraction of sp³-hybridized carbons (Fsp3) is 0.714. The maximum atomic E-state index is 5.45. The van der Waals surface area contributed by atoms with Gasteiger partial charge in [0.05, 0.1) is 6.61 Å². The van der Waals surface area contributed by atoms with Gasteiger partial charge in [0.1, 0.15) is 18.2 Å². The summed E-state index contributed by atoms with van der Waals surface area (Å²) in [7, 11) is 0. The highest BCUT2D eigenvalue weighted by atomic mass is 32.1. The van der Waals surface area contributed by atoms with Gasteiger partial charge in [-0.1, -0.05) is 11.3 Å². The molecule has 1 fully saturated rings. The van der Waals surface area contributed by atoms with Gasteiger partial charge in [-0.25, -0.2) is 0 Å². The van der Waals surface area contributed by atoms with Gasteiger partial charge in [-0.3, -0.25) is 0 Å². The molecule has 1 unspecified atom stereocenters. The molecule has 0 saturated carbocycles. The van der Waals surface area contributed by atoms with Crippen LogP contribution in [-0.4, -0.2) is 42.6 Å². The number of nitrogens with zero attached hydrogens (tertiary/aromatic N) is 2. The van der Waals surface area contributed by atoms with Crippen molar-refractivity contribution in [2.75, 3.05) is 26.3 Å². The van der Waals surface area contributed by atoms with Gasteiger partial charge in [0, 0.05) is 13.1 Å². The van der Waals surface area contributed by atoms with Gasteiger partial charge in [-0.2, -0.15) is 0 Å². The molecule has 1 atom stereocenters. The van der Waals surface area contributed by atoms with Crippen LogP contribution < -0.4 is 10.1 Å². The monoisotopic (exact) mass is 201 g/mol. The Hall–Kier alpha value is -0.720. The molecule has 1 N–H and O–H groups in total. The Morgan fingerprint density at radius 2 is 2.77 bits per heavy atom. The minimum Gasteiger partial charge on any atom is -0.466 e. The van der Waals surface area contributed by atoms with Crippen LogP contribution in [0.25, 0.3) is 0 Å². The summed E-state index contributed by atoms with van der Waals surface area (Å²) >= 11 is 1.39. The van der Waals surface area contributed by atoms with Gasteiger partial charge < -0.3 is 14.8 Å². The highest BCUT2D eigenvalue weighted by Gasteiger charge is 2.14. The van der Waals surface area contributed by atoms with E-state index in [1.807, 2.05) is 0 Å². The molecule has 5 nitrogen and oxygen atoms in total. The summed E-state index contributed by atoms with van der Waals surface area (Å²) in [5.74, 6) is 0. The number of aromatic nitrogens is 2. The Balaban J connectivity index is 1.72. The fourth-order valence-corrected chi connectivity index (χ4v) is 1.53. The zero-order chi connectivity index (χ0) is 8.93. The van der Waals surface area contributed by atoms with Crippen LogP contribution in [0.15, 0.2) is 5.51 Å². The summed E-state index contributed by atoms with van der Waals surface area (Å²) in [6.07, 6.45) is 0.137. The summed E-state index contributed by atoms with van der Waals surface area (Å²) < 4.78 is 10.8. The predicted octanol–water partition coefficient (Wildman–Crippen LogP) is -0.0947. The zero-order valence-corrected chi connectivity index (χ0v) is 7.92. The average molecular weight is 201 g/mol. The molecule has 2 rings (SSSR count). The van der Waals surface area contributed by atoms with E-state index in [-0.39, 0.29) is 6.10 Å². The van der Waals surface area contributed by atoms with E-state index in [0.717, 1.165) is 19.7 Å². The lowest BCUT2D eigenvalue weighted by Crippen LogP contribution is -2.41. The number of nitrogens with one attached hydrogen (secondary N) is 1. The summed E-state index contributed by atoms with van der Waals surface area (Å²) in [5, 5.41) is 11.3. The average Bonchev–Trinajstić information content (AvgIpc) is 2.69. The molecule has 0 radical (unpaired) electrons. The molecular weight excluding hydrogens is 190 g/mol. The Kier molecular flexibility index (Phi) is 3.07. The second-order valence-corrected chi connectivity index (χ2v) is 3.51. The molecule has 1 saturated heterocycles. The van der Waals surface area contributed by atoms with Gasteiger partial charge >= 0.3 is 0 Å². The highest BCUT2D eigenvalue weighted by molar-refractivity contribution is 7.11. The van der Waals surface area contributed by atoms with Crippen LogP contribution in [0.3, 0.4) is 0 Å². The Morgan fingerprint density at radius 1 is 1.77 bits per heavy atom. The first-order valence-electron chi connectivity index (χ1n) is 4.16. The van der Waals surface area contributed by atoms with E-state index in [1.165, 1.54) is 11.3 Å². The van der Waals surface area contributed by atoms with E-state index in [9.17, 15) is 0 Å². The standard InChI is InChI=1S/C7H11N3O2S/c1-2-11-6(3-8-1)4-12-7-10-9-5-13-7/h5-6,8H,1-4H2. The van der Waals surface area contributed by atoms with E-state index < -0.39 is 0 Å². The van der Waals surface area contributed by atoms with Crippen LogP contribution in [0.4, 0.5) is 0 Å². The molecule has 1 aliphatic heterocycles. The number of rotatable bonds is 3. The van der Waals surface area contributed by atoms with E-state index in [2.05, 4.69) is 15.5 Å². The number of morpholine rings is 1. The molecule has 1 aliphatic rings. The van der Waals surface area contributed by atoms with Crippen molar-refractivity contribution in [1.82, 2.24) is 15.5 Å². The maximum absolute atomic E-state index is 5.45. The number of hydrogen-bond acceptors (Lipinski definition) is 6. The van der Waals surface area contributed by atoms with Crippen LogP contribution in [-0.2, 0) is 4.74 Å². The zero-order valence-electron chi connectivity index (χ0n) is 7.10. The summed E-state index contributed by atoms with van der Waals surface area (Å²) in [5.41, 5.74) is 1.65. The molecule has 0 aliphatic carbocycles. The molecule has 0 bridgehead atoms. The molecule has 0 aromatic carbocycles. The van der Waals surface area contributed by atoms with Gasteiger partial charge in [-0.05, 0) is 0 Å². The van der Waals surface area contributed by atoms with Crippen molar-refractivity contribution >= 4 is 11.3 Å². The molecule has 2 heterocycles. The molecule has 72 valence electrons. The smallest absolute Gasteiger partial charge is 0.293 e. The molecule has 6 heteroatoms. The van der Waals surface area contributed by atoms with E-state index in [0.29, 0.717) is 11.8 Å². The topological polar surface area (TPSA) is 56.3 Å². The van der Waals surface area contributed by atoms with Crippen molar-refractivity contribution in [3.05, 3.63) is 5.51 Å². The van der Waals surface area contributed by atoms with Gasteiger partial charge in [0.2, 0.25) is 0 Å². The number of ether oxygens (including phenoxy) is 2. The van der Waals surface area contributed by atoms with Crippen LogP contribution in [0.2, 0.25) is 0 Å². The van der Waals surface area contributed by atoms with E-state index in [1.54, 1.807) is 5.51 Å². The van der Waals surface area contributed by atoms with Gasteiger partial charge in [0.15, 0.2) is 0 Å². The van der Waals surface area contributed by atoms with Crippen molar-refractivity contribution in [1.29, 1.82) is 0 Å². The fourth-order valence-electron chi connectivity index (χ4n) is 1.12. The van der Waals surface area contributed by atoms with Crippen LogP contribution in [0.1, 0.15) is 0 Å². The van der Waals surface area contributed by atoms with Crippen molar-refractivity contribution in [2.45, 2.75) is 6.10 Å². The maximum Gasteiger partial charge on any atom is 0.293 e. The third-order valence-corrected chi connectivity index (χ3v) is 2.34. The third-order valence-electron chi connectivity index (χ3n) is 1.74. The summed E-state index contributed by atoms with van der Waals surface area (Å²) in [6, 6.07) is 0. The Morgan fingerprint density at radius 3 is 3.46 bits per heavy atom. The normalized spacial score (nSPS) is 22.9. The number of hydrogen-bond donors (Lipinski definition) is 1. The first-order chi connectivity index (χ1) is 6.45. The molecule has 1 aromatic rings. The molecule has 13 heavy (non-hydrogen) atoms. The molecule has 0 spiro atoms. The lowest BCUT2D eigenvalue weighted by molar-refractivity contribution is 0.0000217. The minimum absolute atomic E-state index is 0.137. The minimum atomic E-state index is 0.137. The second kappa shape index (κ2) is 4.50. The van der Waals surface area contributed by atoms with E-state index >= 15 is 0 Å². The van der Waals surface area contributed by atoms with Crippen molar-refractivity contribution < 1.29 is 9.47 Å². The summed E-state index contributed by atoms with van der Waals surface area (Å²) in [4.78, 5) is 0. The first-order valence-corrected chi connectivity index (χ1v) is 5.04. The van der Waals surface area contributed by atoms with Crippen LogP contribution in [0.5, 0.6) is 5.19 Å². The molecule has 0 amide bonds. The van der Waals surface area contributed by atoms with Crippen molar-refractivity contribution in [2.24, 2.45) is 0 Å². The highest BCUT2D eigenvalue weighted by Crippen LogP contribution is 2.11. The second-order valence-electron chi connectivity index (χ2n) is 2.71.